The number of para-hydroxylation sites is 1. The molecule has 0 saturated heterocycles. The Bertz CT molecular complexity index is 2490. The first-order valence-electron chi connectivity index (χ1n) is 17.9. The van der Waals surface area contributed by atoms with Crippen molar-refractivity contribution in [1.29, 1.82) is 0 Å². The highest BCUT2D eigenvalue weighted by Crippen LogP contribution is 2.60. The summed E-state index contributed by atoms with van der Waals surface area (Å²) in [6, 6.07) is 39.3. The number of fused-ring (bicyclic) bond motifs is 3. The Kier molecular flexibility index (Phi) is 6.70. The minimum Gasteiger partial charge on any atom is -0.309 e. The first-order chi connectivity index (χ1) is 25.1. The Labute approximate surface area is 297 Å². The van der Waals surface area contributed by atoms with Crippen molar-refractivity contribution >= 4 is 33.2 Å². The lowest BCUT2D eigenvalue weighted by Gasteiger charge is -2.57. The molecule has 244 valence electrons. The highest BCUT2D eigenvalue weighted by Gasteiger charge is 2.51. The SMILES string of the molecule is [C-]#[N+]c1cccc(-c2nc(-c3cccc([N+]#[C-])c3)nc(-c3ccc4c5ccccc5n(-c5ccc(C67CC8CC(CC(C8)C6)C7)cc5)c4c3)n2)c1. The van der Waals surface area contributed by atoms with Crippen LogP contribution >= 0.6 is 0 Å². The lowest BCUT2D eigenvalue weighted by Crippen LogP contribution is -2.48. The van der Waals surface area contributed by atoms with Gasteiger partial charge in [0.25, 0.3) is 0 Å². The van der Waals surface area contributed by atoms with Crippen LogP contribution in [0.2, 0.25) is 0 Å². The van der Waals surface area contributed by atoms with Crippen LogP contribution in [0.5, 0.6) is 0 Å². The zero-order valence-corrected chi connectivity index (χ0v) is 28.1. The van der Waals surface area contributed by atoms with Crippen molar-refractivity contribution in [2.45, 2.75) is 43.9 Å². The van der Waals surface area contributed by atoms with E-state index < -0.39 is 0 Å². The van der Waals surface area contributed by atoms with E-state index in [4.69, 9.17) is 28.1 Å². The zero-order chi connectivity index (χ0) is 34.1. The van der Waals surface area contributed by atoms with Crippen LogP contribution in [0.4, 0.5) is 11.4 Å². The monoisotopic (exact) mass is 658 g/mol. The van der Waals surface area contributed by atoms with Gasteiger partial charge in [-0.3, -0.25) is 0 Å². The molecule has 2 heterocycles. The lowest BCUT2D eigenvalue weighted by atomic mass is 9.48. The summed E-state index contributed by atoms with van der Waals surface area (Å²) in [6.07, 6.45) is 8.43. The molecule has 0 spiro atoms. The largest absolute Gasteiger partial charge is 0.309 e. The average Bonchev–Trinajstić information content (AvgIpc) is 3.51. The van der Waals surface area contributed by atoms with Gasteiger partial charge in [-0.2, -0.15) is 0 Å². The third-order valence-electron chi connectivity index (χ3n) is 11.8. The minimum atomic E-state index is 0.359. The number of rotatable bonds is 5. The van der Waals surface area contributed by atoms with Crippen LogP contribution < -0.4 is 0 Å². The van der Waals surface area contributed by atoms with Crippen molar-refractivity contribution < 1.29 is 0 Å². The molecule has 0 atom stereocenters. The Morgan fingerprint density at radius 3 is 1.63 bits per heavy atom. The number of nitrogens with zero attached hydrogens (tertiary/aromatic N) is 6. The maximum absolute atomic E-state index is 7.56. The Balaban J connectivity index is 1.12. The molecule has 2 aromatic heterocycles. The van der Waals surface area contributed by atoms with Crippen LogP contribution in [-0.4, -0.2) is 19.5 Å². The Morgan fingerprint density at radius 2 is 1.06 bits per heavy atom. The fourth-order valence-electron chi connectivity index (χ4n) is 10.0. The van der Waals surface area contributed by atoms with Gasteiger partial charge in [-0.05, 0) is 104 Å². The topological polar surface area (TPSA) is 52.3 Å². The molecule has 0 radical (unpaired) electrons. The van der Waals surface area contributed by atoms with E-state index in [0.717, 1.165) is 51.2 Å². The van der Waals surface area contributed by atoms with E-state index >= 15 is 0 Å². The van der Waals surface area contributed by atoms with Crippen molar-refractivity contribution in [3.05, 3.63) is 144 Å². The zero-order valence-electron chi connectivity index (χ0n) is 28.1. The van der Waals surface area contributed by atoms with Crippen LogP contribution in [0.3, 0.4) is 0 Å². The normalized spacial score (nSPS) is 21.9. The van der Waals surface area contributed by atoms with E-state index in [1.54, 1.807) is 24.3 Å². The molecule has 7 aromatic rings. The standard InChI is InChI=1S/C45H34N6/c1-46-35-9-5-7-31(22-35)42-48-43(32-8-6-10-36(23-32)47-2)50-44(49-42)33-13-18-39-38-11-3-4-12-40(38)51(41(39)24-33)37-16-14-34(15-17-37)45-25-28-19-29(26-45)21-30(20-28)27-45/h3-18,22-24,28-30H,19-21,25-27H2. The molecule has 4 bridgehead atoms. The van der Waals surface area contributed by atoms with E-state index in [9.17, 15) is 0 Å². The molecule has 0 N–H and O–H groups in total. The maximum Gasteiger partial charge on any atom is 0.187 e. The summed E-state index contributed by atoms with van der Waals surface area (Å²) >= 11 is 0. The van der Waals surface area contributed by atoms with Gasteiger partial charge in [0.2, 0.25) is 0 Å². The summed E-state index contributed by atoms with van der Waals surface area (Å²) in [5.74, 6) is 4.24. The number of benzene rings is 5. The summed E-state index contributed by atoms with van der Waals surface area (Å²) in [7, 11) is 0. The van der Waals surface area contributed by atoms with Crippen LogP contribution in [-0.2, 0) is 5.41 Å². The third kappa shape index (κ3) is 4.94. The predicted molar refractivity (Wildman–Crippen MR) is 203 cm³/mol. The molecule has 0 unspecified atom stereocenters. The van der Waals surface area contributed by atoms with Crippen LogP contribution in [0, 0.1) is 30.9 Å². The smallest absolute Gasteiger partial charge is 0.187 e. The summed E-state index contributed by atoms with van der Waals surface area (Å²) in [5.41, 5.74) is 8.67. The predicted octanol–water partition coefficient (Wildman–Crippen LogP) is 11.5. The number of hydrogen-bond acceptors (Lipinski definition) is 3. The summed E-state index contributed by atoms with van der Waals surface area (Å²) in [5, 5.41) is 2.37. The van der Waals surface area contributed by atoms with Gasteiger partial charge in [0.15, 0.2) is 28.8 Å². The third-order valence-corrected chi connectivity index (χ3v) is 11.8. The molecular weight excluding hydrogens is 625 g/mol. The summed E-state index contributed by atoms with van der Waals surface area (Å²) in [6.45, 7) is 15.1. The molecule has 0 amide bonds. The van der Waals surface area contributed by atoms with Crippen molar-refractivity contribution in [1.82, 2.24) is 19.5 Å². The first kappa shape index (κ1) is 29.8. The fourth-order valence-corrected chi connectivity index (χ4v) is 10.0. The van der Waals surface area contributed by atoms with Gasteiger partial charge in [0.05, 0.1) is 24.2 Å². The number of hydrogen-bond donors (Lipinski definition) is 0. The second-order valence-corrected chi connectivity index (χ2v) is 15.0. The van der Waals surface area contributed by atoms with Crippen molar-refractivity contribution in [2.24, 2.45) is 17.8 Å². The molecule has 0 aliphatic heterocycles. The van der Waals surface area contributed by atoms with Crippen molar-refractivity contribution in [3.63, 3.8) is 0 Å². The minimum absolute atomic E-state index is 0.359. The fraction of sp³-hybridized carbons (Fsp3) is 0.222. The molecule has 5 aromatic carbocycles. The average molecular weight is 659 g/mol. The second kappa shape index (κ2) is 11.5. The number of aromatic nitrogens is 4. The van der Waals surface area contributed by atoms with Gasteiger partial charge in [0, 0.05) is 33.2 Å². The summed E-state index contributed by atoms with van der Waals surface area (Å²) in [4.78, 5) is 22.1. The van der Waals surface area contributed by atoms with Gasteiger partial charge in [-0.15, -0.1) is 0 Å². The molecule has 4 saturated carbocycles. The molecule has 4 fully saturated rings. The van der Waals surface area contributed by atoms with Gasteiger partial charge < -0.3 is 4.57 Å². The first-order valence-corrected chi connectivity index (χ1v) is 17.9. The highest BCUT2D eigenvalue weighted by molar-refractivity contribution is 6.10. The molecular formula is C45H34N6. The van der Waals surface area contributed by atoms with Gasteiger partial charge in [-0.1, -0.05) is 78.9 Å². The van der Waals surface area contributed by atoms with Crippen LogP contribution in [0.25, 0.3) is 71.3 Å². The van der Waals surface area contributed by atoms with Gasteiger partial charge in [-0.25, -0.2) is 24.6 Å². The molecule has 6 nitrogen and oxygen atoms in total. The second-order valence-electron chi connectivity index (χ2n) is 15.0. The quantitative estimate of drug-likeness (QED) is 0.173. The lowest BCUT2D eigenvalue weighted by molar-refractivity contribution is -0.00518. The van der Waals surface area contributed by atoms with E-state index in [0.29, 0.717) is 34.3 Å². The molecule has 11 rings (SSSR count). The van der Waals surface area contributed by atoms with Crippen LogP contribution in [0.1, 0.15) is 44.1 Å². The summed E-state index contributed by atoms with van der Waals surface area (Å²) < 4.78 is 2.37. The molecule has 6 heteroatoms. The highest BCUT2D eigenvalue weighted by atomic mass is 15.0. The molecule has 4 aliphatic rings. The Hall–Kier alpha value is -6.11. The van der Waals surface area contributed by atoms with Gasteiger partial charge >= 0.3 is 0 Å². The van der Waals surface area contributed by atoms with E-state index in [-0.39, 0.29) is 0 Å². The van der Waals surface area contributed by atoms with Crippen molar-refractivity contribution in [2.75, 3.05) is 0 Å². The maximum atomic E-state index is 7.56. The van der Waals surface area contributed by atoms with E-state index in [2.05, 4.69) is 81.0 Å². The van der Waals surface area contributed by atoms with Gasteiger partial charge in [0.1, 0.15) is 0 Å². The van der Waals surface area contributed by atoms with E-state index in [1.807, 2.05) is 24.3 Å². The Morgan fingerprint density at radius 1 is 0.529 bits per heavy atom. The molecule has 4 aliphatic carbocycles. The van der Waals surface area contributed by atoms with Crippen molar-refractivity contribution in [3.8, 4) is 39.9 Å². The van der Waals surface area contributed by atoms with Crippen LogP contribution in [0.15, 0.2) is 115 Å². The van der Waals surface area contributed by atoms with E-state index in [1.165, 1.54) is 54.9 Å². The molecule has 51 heavy (non-hydrogen) atoms.